The lowest BCUT2D eigenvalue weighted by atomic mass is 9.95. The van der Waals surface area contributed by atoms with Crippen molar-refractivity contribution >= 4 is 33.7 Å². The van der Waals surface area contributed by atoms with E-state index >= 15 is 0 Å². The first-order chi connectivity index (χ1) is 13.9. The largest absolute Gasteiger partial charge is 0.0622 e. The molecule has 0 unspecified atom stereocenters. The second-order valence-electron chi connectivity index (χ2n) is 7.02. The molecule has 0 heteroatoms. The molecule has 0 aliphatic rings. The van der Waals surface area contributed by atoms with Crippen LogP contribution in [-0.4, -0.2) is 0 Å². The summed E-state index contributed by atoms with van der Waals surface area (Å²) in [6.45, 7) is 0. The average Bonchev–Trinajstić information content (AvgIpc) is 2.77. The minimum atomic E-state index is 1.23. The van der Waals surface area contributed by atoms with Crippen molar-refractivity contribution in [2.75, 3.05) is 0 Å². The third kappa shape index (κ3) is 3.00. The maximum Gasteiger partial charge on any atom is -0.00992 e. The van der Waals surface area contributed by atoms with Gasteiger partial charge in [0.15, 0.2) is 0 Å². The van der Waals surface area contributed by atoms with E-state index in [-0.39, 0.29) is 0 Å². The molecule has 5 aromatic rings. The Morgan fingerprint density at radius 2 is 1.04 bits per heavy atom. The van der Waals surface area contributed by atoms with Crippen molar-refractivity contribution in [3.05, 3.63) is 120 Å². The number of rotatable bonds is 3. The molecule has 0 aromatic heterocycles. The van der Waals surface area contributed by atoms with E-state index < -0.39 is 0 Å². The van der Waals surface area contributed by atoms with Gasteiger partial charge in [0, 0.05) is 0 Å². The number of fused-ring (bicyclic) bond motifs is 2. The van der Waals surface area contributed by atoms with Crippen LogP contribution in [0.3, 0.4) is 0 Å². The molecule has 0 N–H and O–H groups in total. The number of hydrogen-bond donors (Lipinski definition) is 0. The molecule has 0 bridgehead atoms. The molecular formula is C28H20. The smallest absolute Gasteiger partial charge is 0.00992 e. The molecule has 28 heavy (non-hydrogen) atoms. The maximum absolute atomic E-state index is 2.28. The summed E-state index contributed by atoms with van der Waals surface area (Å²) < 4.78 is 0. The van der Waals surface area contributed by atoms with Crippen LogP contribution in [0, 0.1) is 0 Å². The van der Waals surface area contributed by atoms with Crippen LogP contribution in [0.25, 0.3) is 44.8 Å². The van der Waals surface area contributed by atoms with Gasteiger partial charge in [-0.05, 0) is 49.9 Å². The van der Waals surface area contributed by atoms with Crippen LogP contribution in [0.5, 0.6) is 0 Å². The summed E-state index contributed by atoms with van der Waals surface area (Å²) in [4.78, 5) is 0. The van der Waals surface area contributed by atoms with E-state index in [1.807, 2.05) is 0 Å². The van der Waals surface area contributed by atoms with Crippen LogP contribution in [0.4, 0.5) is 0 Å². The minimum absolute atomic E-state index is 1.23. The van der Waals surface area contributed by atoms with Gasteiger partial charge < -0.3 is 0 Å². The SMILES string of the molecule is C(=Cc1c2ccccc2cc2ccccc12)c1ccccc1-c1ccccc1. The van der Waals surface area contributed by atoms with E-state index in [1.165, 1.54) is 43.8 Å². The van der Waals surface area contributed by atoms with Gasteiger partial charge in [0.05, 0.1) is 0 Å². The first kappa shape index (κ1) is 16.5. The highest BCUT2D eigenvalue weighted by atomic mass is 14.1. The highest BCUT2D eigenvalue weighted by molar-refractivity contribution is 6.08. The lowest BCUT2D eigenvalue weighted by Crippen LogP contribution is -1.85. The van der Waals surface area contributed by atoms with Gasteiger partial charge in [-0.2, -0.15) is 0 Å². The van der Waals surface area contributed by atoms with Crippen LogP contribution in [0.1, 0.15) is 11.1 Å². The zero-order valence-corrected chi connectivity index (χ0v) is 15.5. The first-order valence-corrected chi connectivity index (χ1v) is 9.63. The van der Waals surface area contributed by atoms with Crippen LogP contribution in [0.2, 0.25) is 0 Å². The fraction of sp³-hybridized carbons (Fsp3) is 0. The Morgan fingerprint density at radius 3 is 1.75 bits per heavy atom. The van der Waals surface area contributed by atoms with E-state index in [0.717, 1.165) is 0 Å². The van der Waals surface area contributed by atoms with Gasteiger partial charge in [-0.3, -0.25) is 0 Å². The summed E-state index contributed by atoms with van der Waals surface area (Å²) >= 11 is 0. The van der Waals surface area contributed by atoms with Crippen molar-refractivity contribution in [2.45, 2.75) is 0 Å². The molecule has 5 rings (SSSR count). The lowest BCUT2D eigenvalue weighted by Gasteiger charge is -2.09. The molecule has 132 valence electrons. The zero-order valence-electron chi connectivity index (χ0n) is 15.5. The topological polar surface area (TPSA) is 0 Å². The van der Waals surface area contributed by atoms with Gasteiger partial charge >= 0.3 is 0 Å². The van der Waals surface area contributed by atoms with Crippen LogP contribution in [0.15, 0.2) is 109 Å². The highest BCUT2D eigenvalue weighted by Gasteiger charge is 2.06. The van der Waals surface area contributed by atoms with Crippen molar-refractivity contribution in [3.63, 3.8) is 0 Å². The van der Waals surface area contributed by atoms with Gasteiger partial charge in [-0.25, -0.2) is 0 Å². The minimum Gasteiger partial charge on any atom is -0.0622 e. The molecule has 0 saturated heterocycles. The molecule has 0 saturated carbocycles. The van der Waals surface area contributed by atoms with Crippen LogP contribution in [-0.2, 0) is 0 Å². The first-order valence-electron chi connectivity index (χ1n) is 9.63. The molecule has 5 aromatic carbocycles. The average molecular weight is 356 g/mol. The zero-order chi connectivity index (χ0) is 18.8. The summed E-state index contributed by atoms with van der Waals surface area (Å²) in [5.41, 5.74) is 5.00. The molecule has 0 nitrogen and oxygen atoms in total. The van der Waals surface area contributed by atoms with E-state index in [1.54, 1.807) is 0 Å². The van der Waals surface area contributed by atoms with Gasteiger partial charge in [-0.1, -0.05) is 115 Å². The molecule has 0 aliphatic heterocycles. The summed E-state index contributed by atoms with van der Waals surface area (Å²) in [6, 6.07) is 38.7. The highest BCUT2D eigenvalue weighted by Crippen LogP contribution is 2.31. The van der Waals surface area contributed by atoms with Gasteiger partial charge in [0.25, 0.3) is 0 Å². The van der Waals surface area contributed by atoms with Gasteiger partial charge in [0.2, 0.25) is 0 Å². The van der Waals surface area contributed by atoms with E-state index in [2.05, 4.69) is 121 Å². The van der Waals surface area contributed by atoms with Crippen molar-refractivity contribution in [3.8, 4) is 11.1 Å². The third-order valence-corrected chi connectivity index (χ3v) is 5.29. The van der Waals surface area contributed by atoms with Crippen molar-refractivity contribution in [1.29, 1.82) is 0 Å². The Hall–Kier alpha value is -3.64. The summed E-state index contributed by atoms with van der Waals surface area (Å²) in [5.74, 6) is 0. The molecule has 0 amide bonds. The van der Waals surface area contributed by atoms with Crippen molar-refractivity contribution in [1.82, 2.24) is 0 Å². The molecular weight excluding hydrogens is 336 g/mol. The second-order valence-corrected chi connectivity index (χ2v) is 7.02. The Kier molecular flexibility index (Phi) is 4.23. The van der Waals surface area contributed by atoms with Gasteiger partial charge in [-0.15, -0.1) is 0 Å². The Bertz CT molecular complexity index is 1240. The second kappa shape index (κ2) is 7.17. The quantitative estimate of drug-likeness (QED) is 0.228. The predicted octanol–water partition coefficient (Wildman–Crippen LogP) is 7.83. The summed E-state index contributed by atoms with van der Waals surface area (Å²) in [7, 11) is 0. The van der Waals surface area contributed by atoms with Gasteiger partial charge in [0.1, 0.15) is 0 Å². The van der Waals surface area contributed by atoms with E-state index in [9.17, 15) is 0 Å². The van der Waals surface area contributed by atoms with Crippen LogP contribution >= 0.6 is 0 Å². The van der Waals surface area contributed by atoms with Crippen molar-refractivity contribution < 1.29 is 0 Å². The monoisotopic (exact) mass is 356 g/mol. The molecule has 0 aliphatic carbocycles. The van der Waals surface area contributed by atoms with E-state index in [0.29, 0.717) is 0 Å². The Labute approximate surface area is 165 Å². The number of benzene rings is 5. The normalized spacial score (nSPS) is 11.4. The lowest BCUT2D eigenvalue weighted by molar-refractivity contribution is 1.59. The van der Waals surface area contributed by atoms with Crippen molar-refractivity contribution in [2.24, 2.45) is 0 Å². The fourth-order valence-electron chi connectivity index (χ4n) is 3.92. The Balaban J connectivity index is 1.70. The third-order valence-electron chi connectivity index (χ3n) is 5.29. The molecule has 0 heterocycles. The molecule has 0 radical (unpaired) electrons. The Morgan fingerprint density at radius 1 is 0.464 bits per heavy atom. The molecule has 0 fully saturated rings. The molecule has 0 spiro atoms. The molecule has 0 atom stereocenters. The maximum atomic E-state index is 2.28. The van der Waals surface area contributed by atoms with Crippen LogP contribution < -0.4 is 0 Å². The standard InChI is InChI=1S/C28H20/c1-2-10-21(11-3-1)25-15-7-4-12-22(25)18-19-28-26-16-8-5-13-23(26)20-24-14-6-9-17-27(24)28/h1-20H. The summed E-state index contributed by atoms with van der Waals surface area (Å²) in [5, 5.41) is 5.12. The fourth-order valence-corrected chi connectivity index (χ4v) is 3.92. The predicted molar refractivity (Wildman–Crippen MR) is 122 cm³/mol. The summed E-state index contributed by atoms with van der Waals surface area (Å²) in [6.07, 6.45) is 4.52. The number of hydrogen-bond acceptors (Lipinski definition) is 0. The van der Waals surface area contributed by atoms with E-state index in [4.69, 9.17) is 0 Å².